The molecule has 0 saturated carbocycles. The number of halogens is 1. The molecule has 0 radical (unpaired) electrons. The van der Waals surface area contributed by atoms with Gasteiger partial charge in [0.2, 0.25) is 5.89 Å². The fourth-order valence-corrected chi connectivity index (χ4v) is 3.21. The summed E-state index contributed by atoms with van der Waals surface area (Å²) in [7, 11) is 1.61. The first kappa shape index (κ1) is 18.1. The molecule has 0 saturated heterocycles. The predicted molar refractivity (Wildman–Crippen MR) is 110 cm³/mol. The van der Waals surface area contributed by atoms with Gasteiger partial charge >= 0.3 is 0 Å². The SMILES string of the molecule is COc1ccc2oc(-c3cccc(NC(=O)c4ccc(C)cc4Cl)c3)nc2c1. The summed E-state index contributed by atoms with van der Waals surface area (Å²) in [6, 6.07) is 18.1. The van der Waals surface area contributed by atoms with E-state index in [0.717, 1.165) is 11.1 Å². The standard InChI is InChI=1S/C22H17ClN2O3/c1-13-6-8-17(18(23)10-13)21(26)24-15-5-3-4-14(11-15)22-25-19-12-16(27-2)7-9-20(19)28-22/h3-12H,1-2H3,(H,24,26). The minimum Gasteiger partial charge on any atom is -0.497 e. The third-order valence-electron chi connectivity index (χ3n) is 4.33. The Labute approximate surface area is 166 Å². The number of aromatic nitrogens is 1. The lowest BCUT2D eigenvalue weighted by Crippen LogP contribution is -2.12. The number of carbonyl (C=O) groups is 1. The highest BCUT2D eigenvalue weighted by atomic mass is 35.5. The molecule has 4 aromatic rings. The van der Waals surface area contributed by atoms with E-state index >= 15 is 0 Å². The number of oxazole rings is 1. The molecule has 5 nitrogen and oxygen atoms in total. The van der Waals surface area contributed by atoms with Crippen LogP contribution in [0.25, 0.3) is 22.6 Å². The van der Waals surface area contributed by atoms with E-state index in [-0.39, 0.29) is 5.91 Å². The van der Waals surface area contributed by atoms with Crippen LogP contribution in [0.15, 0.2) is 65.1 Å². The van der Waals surface area contributed by atoms with E-state index in [1.54, 1.807) is 25.3 Å². The fourth-order valence-electron chi connectivity index (χ4n) is 2.89. The van der Waals surface area contributed by atoms with Gasteiger partial charge in [0, 0.05) is 17.3 Å². The largest absolute Gasteiger partial charge is 0.497 e. The summed E-state index contributed by atoms with van der Waals surface area (Å²) in [5, 5.41) is 3.29. The fraction of sp³-hybridized carbons (Fsp3) is 0.0909. The van der Waals surface area contributed by atoms with E-state index in [0.29, 0.717) is 39.0 Å². The van der Waals surface area contributed by atoms with Gasteiger partial charge in [0.15, 0.2) is 5.58 Å². The van der Waals surface area contributed by atoms with Crippen LogP contribution in [0, 0.1) is 6.92 Å². The van der Waals surface area contributed by atoms with Crippen LogP contribution in [0.1, 0.15) is 15.9 Å². The van der Waals surface area contributed by atoms with E-state index in [9.17, 15) is 4.79 Å². The van der Waals surface area contributed by atoms with Crippen molar-refractivity contribution in [1.29, 1.82) is 0 Å². The summed E-state index contributed by atoms with van der Waals surface area (Å²) in [5.41, 5.74) is 4.16. The molecule has 3 aromatic carbocycles. The minimum absolute atomic E-state index is 0.274. The quantitative estimate of drug-likeness (QED) is 0.482. The summed E-state index contributed by atoms with van der Waals surface area (Å²) in [5.74, 6) is 0.903. The number of rotatable bonds is 4. The summed E-state index contributed by atoms with van der Waals surface area (Å²) >= 11 is 6.19. The molecule has 4 rings (SSSR count). The zero-order chi connectivity index (χ0) is 19.7. The number of carbonyl (C=O) groups excluding carboxylic acids is 1. The average molecular weight is 393 g/mol. The Morgan fingerprint density at radius 2 is 1.96 bits per heavy atom. The van der Waals surface area contributed by atoms with E-state index in [1.807, 2.05) is 49.4 Å². The Morgan fingerprint density at radius 3 is 2.75 bits per heavy atom. The number of hydrogen-bond donors (Lipinski definition) is 1. The Morgan fingerprint density at radius 1 is 1.11 bits per heavy atom. The molecule has 0 aliphatic carbocycles. The molecule has 0 bridgehead atoms. The maximum absolute atomic E-state index is 12.6. The van der Waals surface area contributed by atoms with Gasteiger partial charge in [-0.25, -0.2) is 4.98 Å². The Balaban J connectivity index is 1.61. The number of fused-ring (bicyclic) bond motifs is 1. The first-order valence-electron chi connectivity index (χ1n) is 8.66. The van der Waals surface area contributed by atoms with Crippen LogP contribution in [0.4, 0.5) is 5.69 Å². The van der Waals surface area contributed by atoms with Crippen molar-refractivity contribution in [2.24, 2.45) is 0 Å². The predicted octanol–water partition coefficient (Wildman–Crippen LogP) is 5.72. The van der Waals surface area contributed by atoms with Gasteiger partial charge in [-0.15, -0.1) is 0 Å². The van der Waals surface area contributed by atoms with Gasteiger partial charge < -0.3 is 14.5 Å². The highest BCUT2D eigenvalue weighted by Gasteiger charge is 2.13. The van der Waals surface area contributed by atoms with Gasteiger partial charge in [-0.3, -0.25) is 4.79 Å². The lowest BCUT2D eigenvalue weighted by Gasteiger charge is -2.08. The minimum atomic E-state index is -0.274. The Bertz CT molecular complexity index is 1180. The zero-order valence-corrected chi connectivity index (χ0v) is 16.1. The van der Waals surface area contributed by atoms with Gasteiger partial charge in [-0.05, 0) is 55.0 Å². The molecule has 0 atom stereocenters. The van der Waals surface area contributed by atoms with Crippen molar-refractivity contribution in [2.45, 2.75) is 6.92 Å². The second-order valence-corrected chi connectivity index (χ2v) is 6.78. The molecule has 0 aliphatic heterocycles. The number of ether oxygens (including phenoxy) is 1. The van der Waals surface area contributed by atoms with Crippen LogP contribution < -0.4 is 10.1 Å². The molecule has 0 unspecified atom stereocenters. The van der Waals surface area contributed by atoms with Crippen LogP contribution in [-0.4, -0.2) is 18.0 Å². The van der Waals surface area contributed by atoms with Crippen molar-refractivity contribution < 1.29 is 13.9 Å². The number of aryl methyl sites for hydroxylation is 1. The van der Waals surface area contributed by atoms with Crippen LogP contribution in [-0.2, 0) is 0 Å². The van der Waals surface area contributed by atoms with Gasteiger partial charge in [0.05, 0.1) is 17.7 Å². The number of hydrogen-bond acceptors (Lipinski definition) is 4. The molecule has 140 valence electrons. The smallest absolute Gasteiger partial charge is 0.257 e. The molecule has 28 heavy (non-hydrogen) atoms. The molecule has 0 fully saturated rings. The number of nitrogens with one attached hydrogen (secondary N) is 1. The highest BCUT2D eigenvalue weighted by Crippen LogP contribution is 2.28. The van der Waals surface area contributed by atoms with Gasteiger partial charge in [0.1, 0.15) is 11.3 Å². The van der Waals surface area contributed by atoms with E-state index in [2.05, 4.69) is 10.3 Å². The highest BCUT2D eigenvalue weighted by molar-refractivity contribution is 6.34. The maximum atomic E-state index is 12.6. The van der Waals surface area contributed by atoms with Gasteiger partial charge in [0.25, 0.3) is 5.91 Å². The van der Waals surface area contributed by atoms with Crippen LogP contribution >= 0.6 is 11.6 Å². The third-order valence-corrected chi connectivity index (χ3v) is 4.64. The van der Waals surface area contributed by atoms with E-state index < -0.39 is 0 Å². The molecule has 0 aliphatic rings. The molecule has 6 heteroatoms. The molecule has 1 heterocycles. The monoisotopic (exact) mass is 392 g/mol. The number of nitrogens with zero attached hydrogens (tertiary/aromatic N) is 1. The molecule has 1 N–H and O–H groups in total. The van der Waals surface area contributed by atoms with Crippen LogP contribution in [0.3, 0.4) is 0 Å². The van der Waals surface area contributed by atoms with Crippen LogP contribution in [0.5, 0.6) is 5.75 Å². The first-order chi connectivity index (χ1) is 13.5. The first-order valence-corrected chi connectivity index (χ1v) is 9.04. The van der Waals surface area contributed by atoms with E-state index in [1.165, 1.54) is 0 Å². The van der Waals surface area contributed by atoms with Crippen molar-refractivity contribution in [3.63, 3.8) is 0 Å². The van der Waals surface area contributed by atoms with Crippen LogP contribution in [0.2, 0.25) is 5.02 Å². The third kappa shape index (κ3) is 3.57. The van der Waals surface area contributed by atoms with Gasteiger partial charge in [-0.1, -0.05) is 23.7 Å². The normalized spacial score (nSPS) is 10.8. The van der Waals surface area contributed by atoms with Crippen molar-refractivity contribution in [1.82, 2.24) is 4.98 Å². The Hall–Kier alpha value is -3.31. The summed E-state index contributed by atoms with van der Waals surface area (Å²) in [4.78, 5) is 17.1. The second kappa shape index (κ2) is 7.37. The van der Waals surface area contributed by atoms with Crippen molar-refractivity contribution in [2.75, 3.05) is 12.4 Å². The topological polar surface area (TPSA) is 64.4 Å². The average Bonchev–Trinajstić information content (AvgIpc) is 3.11. The van der Waals surface area contributed by atoms with Crippen molar-refractivity contribution in [3.8, 4) is 17.2 Å². The number of amides is 1. The number of methoxy groups -OCH3 is 1. The lowest BCUT2D eigenvalue weighted by molar-refractivity contribution is 0.102. The molecule has 1 aromatic heterocycles. The lowest BCUT2D eigenvalue weighted by atomic mass is 10.1. The number of benzene rings is 3. The van der Waals surface area contributed by atoms with Gasteiger partial charge in [-0.2, -0.15) is 0 Å². The summed E-state index contributed by atoms with van der Waals surface area (Å²) in [6.45, 7) is 1.92. The van der Waals surface area contributed by atoms with Crippen molar-refractivity contribution >= 4 is 34.3 Å². The van der Waals surface area contributed by atoms with Crippen molar-refractivity contribution in [3.05, 3.63) is 76.8 Å². The summed E-state index contributed by atoms with van der Waals surface area (Å²) < 4.78 is 11.0. The molecular weight excluding hydrogens is 376 g/mol. The number of anilines is 1. The molecule has 1 amide bonds. The maximum Gasteiger partial charge on any atom is 0.257 e. The summed E-state index contributed by atoms with van der Waals surface area (Å²) in [6.07, 6.45) is 0. The molecular formula is C22H17ClN2O3. The van der Waals surface area contributed by atoms with E-state index in [4.69, 9.17) is 20.8 Å². The zero-order valence-electron chi connectivity index (χ0n) is 15.3. The second-order valence-electron chi connectivity index (χ2n) is 6.37. The molecule has 0 spiro atoms. The Kier molecular flexibility index (Phi) is 4.75.